The Morgan fingerprint density at radius 1 is 1.10 bits per heavy atom. The Labute approximate surface area is 119 Å². The second kappa shape index (κ2) is 6.05. The van der Waals surface area contributed by atoms with E-state index in [2.05, 4.69) is 10.1 Å². The Balaban J connectivity index is 2.21. The maximum Gasteiger partial charge on any atom is 0.138 e. The molecule has 5 nitrogen and oxygen atoms in total. The predicted octanol–water partition coefficient (Wildman–Crippen LogP) is 2.73. The summed E-state index contributed by atoms with van der Waals surface area (Å²) in [6, 6.07) is 2.08. The number of aliphatic hydroxyl groups is 1. The molecule has 0 amide bonds. The van der Waals surface area contributed by atoms with E-state index in [0.29, 0.717) is 11.3 Å². The molecule has 0 saturated carbocycles. The summed E-state index contributed by atoms with van der Waals surface area (Å²) < 4.78 is 7.41. The lowest BCUT2D eigenvalue weighted by atomic mass is 10.1. The fraction of sp³-hybridized carbons (Fsp3) is 0.467. The van der Waals surface area contributed by atoms with Gasteiger partial charge in [0.15, 0.2) is 0 Å². The van der Waals surface area contributed by atoms with Crippen molar-refractivity contribution in [2.45, 2.75) is 45.9 Å². The highest BCUT2D eigenvalue weighted by Gasteiger charge is 2.15. The minimum atomic E-state index is -0.745. The summed E-state index contributed by atoms with van der Waals surface area (Å²) in [7, 11) is 0. The van der Waals surface area contributed by atoms with Crippen molar-refractivity contribution in [3.8, 4) is 5.75 Å². The van der Waals surface area contributed by atoms with Crippen LogP contribution in [0.1, 0.15) is 51.0 Å². The average Bonchev–Trinajstić information content (AvgIpc) is 2.87. The quantitative estimate of drug-likeness (QED) is 0.911. The van der Waals surface area contributed by atoms with Gasteiger partial charge in [0, 0.05) is 29.6 Å². The smallest absolute Gasteiger partial charge is 0.138 e. The van der Waals surface area contributed by atoms with Gasteiger partial charge in [-0.15, -0.1) is 0 Å². The summed E-state index contributed by atoms with van der Waals surface area (Å²) in [6.07, 6.45) is 6.16. The summed E-state index contributed by atoms with van der Waals surface area (Å²) >= 11 is 0. The van der Waals surface area contributed by atoms with E-state index in [4.69, 9.17) is 4.74 Å². The van der Waals surface area contributed by atoms with E-state index in [9.17, 15) is 5.11 Å². The Kier molecular flexibility index (Phi) is 4.39. The largest absolute Gasteiger partial charge is 0.489 e. The third kappa shape index (κ3) is 3.36. The molecule has 0 fully saturated rings. The van der Waals surface area contributed by atoms with Crippen molar-refractivity contribution in [1.29, 1.82) is 0 Å². The molecule has 0 aliphatic carbocycles. The van der Waals surface area contributed by atoms with Gasteiger partial charge in [0.05, 0.1) is 18.5 Å². The number of pyridine rings is 1. The van der Waals surface area contributed by atoms with Gasteiger partial charge >= 0.3 is 0 Å². The van der Waals surface area contributed by atoms with Crippen LogP contribution < -0.4 is 4.74 Å². The van der Waals surface area contributed by atoms with Gasteiger partial charge in [0.2, 0.25) is 0 Å². The molecule has 0 aliphatic rings. The zero-order valence-corrected chi connectivity index (χ0v) is 12.3. The van der Waals surface area contributed by atoms with Crippen LogP contribution in [0.25, 0.3) is 0 Å². The molecular formula is C15H21N3O2. The zero-order chi connectivity index (χ0) is 14.7. The van der Waals surface area contributed by atoms with Gasteiger partial charge < -0.3 is 9.84 Å². The van der Waals surface area contributed by atoms with Gasteiger partial charge in [0.1, 0.15) is 11.9 Å². The van der Waals surface area contributed by atoms with Crippen molar-refractivity contribution in [2.75, 3.05) is 0 Å². The number of nitrogens with zero attached hydrogens (tertiary/aromatic N) is 3. The third-order valence-electron chi connectivity index (χ3n) is 2.89. The summed E-state index contributed by atoms with van der Waals surface area (Å²) in [5, 5.41) is 14.6. The lowest BCUT2D eigenvalue weighted by Crippen LogP contribution is -2.07. The molecule has 0 aromatic carbocycles. The zero-order valence-electron chi connectivity index (χ0n) is 12.3. The van der Waals surface area contributed by atoms with Gasteiger partial charge in [-0.05, 0) is 33.8 Å². The van der Waals surface area contributed by atoms with Crippen molar-refractivity contribution < 1.29 is 9.84 Å². The molecule has 2 aromatic heterocycles. The number of aliphatic hydroxyl groups excluding tert-OH is 1. The van der Waals surface area contributed by atoms with Crippen LogP contribution in [0.15, 0.2) is 30.9 Å². The molecule has 0 bridgehead atoms. The molecule has 1 unspecified atom stereocenters. The molecule has 0 aliphatic heterocycles. The summed E-state index contributed by atoms with van der Waals surface area (Å²) in [5.41, 5.74) is 1.45. The van der Waals surface area contributed by atoms with Crippen molar-refractivity contribution in [3.63, 3.8) is 0 Å². The SMILES string of the molecule is CC(C)Oc1cncc(C(O)c2cnn(C(C)C)c2)c1. The van der Waals surface area contributed by atoms with Gasteiger partial charge in [-0.3, -0.25) is 9.67 Å². The monoisotopic (exact) mass is 275 g/mol. The van der Waals surface area contributed by atoms with Crippen LogP contribution in [0.3, 0.4) is 0 Å². The Hall–Kier alpha value is -1.88. The number of aromatic nitrogens is 3. The molecule has 2 rings (SSSR count). The van der Waals surface area contributed by atoms with Crippen molar-refractivity contribution in [1.82, 2.24) is 14.8 Å². The van der Waals surface area contributed by atoms with Gasteiger partial charge in [-0.2, -0.15) is 5.10 Å². The van der Waals surface area contributed by atoms with Crippen molar-refractivity contribution >= 4 is 0 Å². The molecule has 108 valence electrons. The third-order valence-corrected chi connectivity index (χ3v) is 2.89. The summed E-state index contributed by atoms with van der Waals surface area (Å²) in [5.74, 6) is 0.660. The summed E-state index contributed by atoms with van der Waals surface area (Å²) in [4.78, 5) is 4.11. The first-order valence-corrected chi connectivity index (χ1v) is 6.81. The normalized spacial score (nSPS) is 12.9. The van der Waals surface area contributed by atoms with Crippen molar-refractivity contribution in [3.05, 3.63) is 42.0 Å². The van der Waals surface area contributed by atoms with E-state index in [-0.39, 0.29) is 12.1 Å². The molecule has 1 atom stereocenters. The van der Waals surface area contributed by atoms with Crippen LogP contribution in [-0.2, 0) is 0 Å². The molecular weight excluding hydrogens is 254 g/mol. The van der Waals surface area contributed by atoms with E-state index >= 15 is 0 Å². The summed E-state index contributed by atoms with van der Waals surface area (Å²) in [6.45, 7) is 8.00. The van der Waals surface area contributed by atoms with Crippen LogP contribution in [0.2, 0.25) is 0 Å². The maximum atomic E-state index is 10.4. The van der Waals surface area contributed by atoms with Gasteiger partial charge in [0.25, 0.3) is 0 Å². The van der Waals surface area contributed by atoms with Crippen molar-refractivity contribution in [2.24, 2.45) is 0 Å². The predicted molar refractivity (Wildman–Crippen MR) is 76.7 cm³/mol. The van der Waals surface area contributed by atoms with Crippen LogP contribution in [-0.4, -0.2) is 26.0 Å². The van der Waals surface area contributed by atoms with E-state index in [1.807, 2.05) is 44.6 Å². The Bertz CT molecular complexity index is 564. The molecule has 5 heteroatoms. The first kappa shape index (κ1) is 14.5. The molecule has 20 heavy (non-hydrogen) atoms. The fourth-order valence-corrected chi connectivity index (χ4v) is 1.89. The highest BCUT2D eigenvalue weighted by molar-refractivity contribution is 5.30. The molecule has 0 spiro atoms. The average molecular weight is 275 g/mol. The molecule has 0 radical (unpaired) electrons. The first-order valence-electron chi connectivity index (χ1n) is 6.81. The highest BCUT2D eigenvalue weighted by atomic mass is 16.5. The van der Waals surface area contributed by atoms with Gasteiger partial charge in [-0.25, -0.2) is 0 Å². The van der Waals surface area contributed by atoms with E-state index in [1.54, 1.807) is 18.6 Å². The first-order chi connectivity index (χ1) is 9.47. The maximum absolute atomic E-state index is 10.4. The number of hydrogen-bond acceptors (Lipinski definition) is 4. The highest BCUT2D eigenvalue weighted by Crippen LogP contribution is 2.24. The topological polar surface area (TPSA) is 60.2 Å². The van der Waals surface area contributed by atoms with Crippen LogP contribution >= 0.6 is 0 Å². The van der Waals surface area contributed by atoms with Crippen LogP contribution in [0.4, 0.5) is 0 Å². The van der Waals surface area contributed by atoms with E-state index in [1.165, 1.54) is 0 Å². The lowest BCUT2D eigenvalue weighted by molar-refractivity contribution is 0.215. The minimum absolute atomic E-state index is 0.0767. The number of rotatable bonds is 5. The van der Waals surface area contributed by atoms with E-state index < -0.39 is 6.10 Å². The van der Waals surface area contributed by atoms with Crippen LogP contribution in [0.5, 0.6) is 5.75 Å². The number of ether oxygens (including phenoxy) is 1. The molecule has 1 N–H and O–H groups in total. The standard InChI is InChI=1S/C15H21N3O2/c1-10(2)18-9-13(7-17-18)15(19)12-5-14(8-16-6-12)20-11(3)4/h5-11,15,19H,1-4H3. The second-order valence-electron chi connectivity index (χ2n) is 5.37. The number of hydrogen-bond donors (Lipinski definition) is 1. The molecule has 0 saturated heterocycles. The fourth-order valence-electron chi connectivity index (χ4n) is 1.89. The minimum Gasteiger partial charge on any atom is -0.489 e. The molecule has 2 aromatic rings. The second-order valence-corrected chi connectivity index (χ2v) is 5.37. The lowest BCUT2D eigenvalue weighted by Gasteiger charge is -2.13. The Morgan fingerprint density at radius 2 is 1.85 bits per heavy atom. The van der Waals surface area contributed by atoms with Gasteiger partial charge in [-0.1, -0.05) is 0 Å². The van der Waals surface area contributed by atoms with Crippen LogP contribution in [0, 0.1) is 0 Å². The van der Waals surface area contributed by atoms with E-state index in [0.717, 1.165) is 5.56 Å². The molecule has 2 heterocycles. The Morgan fingerprint density at radius 3 is 2.45 bits per heavy atom.